The summed E-state index contributed by atoms with van der Waals surface area (Å²) < 4.78 is 5.91. The highest BCUT2D eigenvalue weighted by Crippen LogP contribution is 2.60. The number of benzene rings is 2. The maximum absolute atomic E-state index is 5.91. The number of allylic oxidation sites excluding steroid dienone is 1. The minimum Gasteiger partial charge on any atom is -0.457 e. The molecule has 0 saturated heterocycles. The SMILES string of the molecule is C=CC1C(Cc2cccc(Oc3ccccc3)c2)C1(C)C. The number of ether oxygens (including phenoxy) is 1. The average molecular weight is 278 g/mol. The van der Waals surface area contributed by atoms with E-state index >= 15 is 0 Å². The van der Waals surface area contributed by atoms with Gasteiger partial charge in [0, 0.05) is 0 Å². The number of rotatable bonds is 5. The smallest absolute Gasteiger partial charge is 0.127 e. The molecule has 2 atom stereocenters. The van der Waals surface area contributed by atoms with Crippen LogP contribution in [0.3, 0.4) is 0 Å². The second-order valence-corrected chi connectivity index (χ2v) is 6.46. The summed E-state index contributed by atoms with van der Waals surface area (Å²) in [5.41, 5.74) is 1.73. The van der Waals surface area contributed by atoms with Crippen molar-refractivity contribution in [2.24, 2.45) is 17.3 Å². The fourth-order valence-electron chi connectivity index (χ4n) is 3.26. The molecule has 0 amide bonds. The summed E-state index contributed by atoms with van der Waals surface area (Å²) in [7, 11) is 0. The Bertz CT molecular complexity index is 627. The largest absolute Gasteiger partial charge is 0.457 e. The molecule has 0 N–H and O–H groups in total. The predicted octanol–water partition coefficient (Wildman–Crippen LogP) is 5.48. The lowest BCUT2D eigenvalue weighted by Gasteiger charge is -2.08. The molecular formula is C20H22O. The van der Waals surface area contributed by atoms with Crippen molar-refractivity contribution < 1.29 is 4.74 Å². The topological polar surface area (TPSA) is 9.23 Å². The van der Waals surface area contributed by atoms with Crippen LogP contribution in [-0.4, -0.2) is 0 Å². The molecule has 0 aliphatic heterocycles. The van der Waals surface area contributed by atoms with Crippen LogP contribution < -0.4 is 4.74 Å². The van der Waals surface area contributed by atoms with Crippen LogP contribution in [0.2, 0.25) is 0 Å². The molecule has 21 heavy (non-hydrogen) atoms. The quantitative estimate of drug-likeness (QED) is 0.658. The molecule has 108 valence electrons. The number of para-hydroxylation sites is 1. The molecule has 2 unspecified atom stereocenters. The standard InChI is InChI=1S/C20H22O/c1-4-18-19(20(18,2)3)14-15-9-8-12-17(13-15)21-16-10-6-5-7-11-16/h4-13,18-19H,1,14H2,2-3H3. The Hall–Kier alpha value is -2.02. The first-order chi connectivity index (χ1) is 10.1. The molecule has 1 nitrogen and oxygen atoms in total. The highest BCUT2D eigenvalue weighted by atomic mass is 16.5. The van der Waals surface area contributed by atoms with E-state index in [1.807, 2.05) is 36.4 Å². The predicted molar refractivity (Wildman–Crippen MR) is 87.6 cm³/mol. The van der Waals surface area contributed by atoms with Crippen molar-refractivity contribution in [1.29, 1.82) is 0 Å². The Morgan fingerprint density at radius 3 is 2.43 bits per heavy atom. The Balaban J connectivity index is 1.71. The number of hydrogen-bond acceptors (Lipinski definition) is 1. The summed E-state index contributed by atoms with van der Waals surface area (Å²) >= 11 is 0. The molecule has 0 aromatic heterocycles. The third kappa shape index (κ3) is 2.87. The van der Waals surface area contributed by atoms with E-state index in [9.17, 15) is 0 Å². The molecule has 0 spiro atoms. The van der Waals surface area contributed by atoms with Crippen LogP contribution in [0.25, 0.3) is 0 Å². The van der Waals surface area contributed by atoms with Gasteiger partial charge in [-0.25, -0.2) is 0 Å². The third-order valence-corrected chi connectivity index (χ3v) is 4.73. The lowest BCUT2D eigenvalue weighted by Crippen LogP contribution is -1.95. The lowest BCUT2D eigenvalue weighted by atomic mass is 10.0. The molecule has 2 aromatic carbocycles. The Labute approximate surface area is 127 Å². The summed E-state index contributed by atoms with van der Waals surface area (Å²) in [6.45, 7) is 8.61. The van der Waals surface area contributed by atoms with Gasteiger partial charge in [0.15, 0.2) is 0 Å². The van der Waals surface area contributed by atoms with Crippen molar-refractivity contribution in [2.45, 2.75) is 20.3 Å². The molecule has 0 bridgehead atoms. The van der Waals surface area contributed by atoms with Crippen molar-refractivity contribution in [1.82, 2.24) is 0 Å². The van der Waals surface area contributed by atoms with Gasteiger partial charge in [0.05, 0.1) is 0 Å². The lowest BCUT2D eigenvalue weighted by molar-refractivity contribution is 0.481. The summed E-state index contributed by atoms with van der Waals surface area (Å²) in [5.74, 6) is 3.12. The van der Waals surface area contributed by atoms with E-state index in [4.69, 9.17) is 4.74 Å². The van der Waals surface area contributed by atoms with E-state index in [2.05, 4.69) is 44.7 Å². The second kappa shape index (κ2) is 5.40. The maximum atomic E-state index is 5.91. The Kier molecular flexibility index (Phi) is 3.59. The monoisotopic (exact) mass is 278 g/mol. The first-order valence-corrected chi connectivity index (χ1v) is 7.55. The molecule has 1 aliphatic rings. The van der Waals surface area contributed by atoms with Crippen molar-refractivity contribution in [3.05, 3.63) is 72.8 Å². The van der Waals surface area contributed by atoms with E-state index in [0.717, 1.165) is 17.9 Å². The first-order valence-electron chi connectivity index (χ1n) is 7.55. The summed E-state index contributed by atoms with van der Waals surface area (Å²) in [4.78, 5) is 0. The normalized spacial score (nSPS) is 22.6. The Morgan fingerprint density at radius 1 is 1.05 bits per heavy atom. The zero-order valence-corrected chi connectivity index (χ0v) is 12.8. The van der Waals surface area contributed by atoms with E-state index < -0.39 is 0 Å². The minimum absolute atomic E-state index is 0.387. The summed E-state index contributed by atoms with van der Waals surface area (Å²) in [6.07, 6.45) is 3.20. The van der Waals surface area contributed by atoms with Gasteiger partial charge in [0.1, 0.15) is 11.5 Å². The van der Waals surface area contributed by atoms with Gasteiger partial charge >= 0.3 is 0 Å². The van der Waals surface area contributed by atoms with Crippen LogP contribution >= 0.6 is 0 Å². The van der Waals surface area contributed by atoms with E-state index in [1.54, 1.807) is 0 Å². The van der Waals surface area contributed by atoms with E-state index in [1.165, 1.54) is 5.56 Å². The van der Waals surface area contributed by atoms with Crippen LogP contribution in [0.4, 0.5) is 0 Å². The molecule has 2 aromatic rings. The van der Waals surface area contributed by atoms with Crippen LogP contribution in [-0.2, 0) is 6.42 Å². The van der Waals surface area contributed by atoms with Gasteiger partial charge in [-0.3, -0.25) is 0 Å². The van der Waals surface area contributed by atoms with Gasteiger partial charge in [0.25, 0.3) is 0 Å². The highest BCUT2D eigenvalue weighted by molar-refractivity contribution is 5.35. The van der Waals surface area contributed by atoms with E-state index in [0.29, 0.717) is 17.3 Å². The van der Waals surface area contributed by atoms with Crippen LogP contribution in [0.15, 0.2) is 67.3 Å². The fraction of sp³-hybridized carbons (Fsp3) is 0.300. The number of hydrogen-bond donors (Lipinski definition) is 0. The molecule has 3 rings (SSSR count). The maximum Gasteiger partial charge on any atom is 0.127 e. The third-order valence-electron chi connectivity index (χ3n) is 4.73. The average Bonchev–Trinajstić information content (AvgIpc) is 3.00. The first kappa shape index (κ1) is 13.9. The van der Waals surface area contributed by atoms with Crippen molar-refractivity contribution >= 4 is 0 Å². The molecule has 1 heteroatoms. The molecular weight excluding hydrogens is 256 g/mol. The molecule has 1 aliphatic carbocycles. The molecule has 0 heterocycles. The van der Waals surface area contributed by atoms with Gasteiger partial charge in [-0.05, 0) is 53.5 Å². The molecule has 1 fully saturated rings. The van der Waals surface area contributed by atoms with Crippen molar-refractivity contribution in [3.8, 4) is 11.5 Å². The zero-order valence-electron chi connectivity index (χ0n) is 12.8. The van der Waals surface area contributed by atoms with Gasteiger partial charge in [0.2, 0.25) is 0 Å². The zero-order chi connectivity index (χ0) is 14.9. The molecule has 0 radical (unpaired) electrons. The van der Waals surface area contributed by atoms with Crippen molar-refractivity contribution in [3.63, 3.8) is 0 Å². The summed E-state index contributed by atoms with van der Waals surface area (Å²) in [6, 6.07) is 18.4. The van der Waals surface area contributed by atoms with Crippen LogP contribution in [0.5, 0.6) is 11.5 Å². The van der Waals surface area contributed by atoms with Gasteiger partial charge in [-0.2, -0.15) is 0 Å². The Morgan fingerprint density at radius 2 is 1.76 bits per heavy atom. The van der Waals surface area contributed by atoms with Crippen LogP contribution in [0.1, 0.15) is 19.4 Å². The van der Waals surface area contributed by atoms with Gasteiger partial charge in [-0.15, -0.1) is 6.58 Å². The second-order valence-electron chi connectivity index (χ2n) is 6.46. The van der Waals surface area contributed by atoms with Gasteiger partial charge in [-0.1, -0.05) is 50.3 Å². The van der Waals surface area contributed by atoms with Crippen molar-refractivity contribution in [2.75, 3.05) is 0 Å². The van der Waals surface area contributed by atoms with Gasteiger partial charge < -0.3 is 4.74 Å². The highest BCUT2D eigenvalue weighted by Gasteiger charge is 2.55. The fourth-order valence-corrected chi connectivity index (χ4v) is 3.26. The van der Waals surface area contributed by atoms with E-state index in [-0.39, 0.29) is 0 Å². The molecule has 1 saturated carbocycles. The summed E-state index contributed by atoms with van der Waals surface area (Å²) in [5, 5.41) is 0. The minimum atomic E-state index is 0.387. The van der Waals surface area contributed by atoms with Crippen LogP contribution in [0, 0.1) is 17.3 Å².